The van der Waals surface area contributed by atoms with E-state index in [0.29, 0.717) is 35.9 Å². The van der Waals surface area contributed by atoms with Crippen molar-refractivity contribution in [1.29, 1.82) is 5.41 Å². The quantitative estimate of drug-likeness (QED) is 0.205. The van der Waals surface area contributed by atoms with E-state index < -0.39 is 0 Å². The van der Waals surface area contributed by atoms with Crippen LogP contribution in [0.5, 0.6) is 0 Å². The van der Waals surface area contributed by atoms with Gasteiger partial charge in [-0.1, -0.05) is 45.9 Å². The van der Waals surface area contributed by atoms with E-state index in [2.05, 4.69) is 36.9 Å². The molecule has 1 saturated carbocycles. The van der Waals surface area contributed by atoms with Gasteiger partial charge in [0.2, 0.25) is 12.3 Å². The number of hydrogen-bond donors (Lipinski definition) is 2. The zero-order chi connectivity index (χ0) is 30.2. The van der Waals surface area contributed by atoms with Gasteiger partial charge in [0.05, 0.1) is 17.1 Å². The van der Waals surface area contributed by atoms with E-state index in [1.165, 1.54) is 12.3 Å². The maximum atomic E-state index is 12.0. The lowest BCUT2D eigenvalue weighted by atomic mass is 9.60. The highest BCUT2D eigenvalue weighted by Crippen LogP contribution is 2.55. The number of carbonyl (C=O) groups excluding carboxylic acids is 2. The number of benzene rings is 1. The minimum absolute atomic E-state index is 0.0102. The molecule has 9 nitrogen and oxygen atoms in total. The molecule has 2 amide bonds. The maximum Gasteiger partial charge on any atom is 0.245 e. The van der Waals surface area contributed by atoms with Crippen LogP contribution >= 0.6 is 11.6 Å². The Hall–Kier alpha value is -3.33. The highest BCUT2D eigenvalue weighted by atomic mass is 35.5. The first-order valence-corrected chi connectivity index (χ1v) is 15.0. The zero-order valence-electron chi connectivity index (χ0n) is 25.2. The summed E-state index contributed by atoms with van der Waals surface area (Å²) in [5.41, 5.74) is 11.1. The van der Waals surface area contributed by atoms with Gasteiger partial charge in [-0.25, -0.2) is 0 Å². The third kappa shape index (κ3) is 5.25. The summed E-state index contributed by atoms with van der Waals surface area (Å²) >= 11 is 6.97. The van der Waals surface area contributed by atoms with Crippen molar-refractivity contribution in [2.24, 2.45) is 11.3 Å². The van der Waals surface area contributed by atoms with E-state index >= 15 is 0 Å². The second kappa shape index (κ2) is 11.9. The second-order valence-corrected chi connectivity index (χ2v) is 12.2. The molecule has 1 atom stereocenters. The summed E-state index contributed by atoms with van der Waals surface area (Å²) in [6.45, 7) is 19.3. The first-order chi connectivity index (χ1) is 19.5. The average Bonchev–Trinajstić information content (AvgIpc) is 3.25. The van der Waals surface area contributed by atoms with Crippen LogP contribution in [-0.2, 0) is 9.59 Å². The average molecular weight is 582 g/mol. The molecule has 222 valence electrons. The van der Waals surface area contributed by atoms with Gasteiger partial charge in [0.15, 0.2) is 5.82 Å². The Kier molecular flexibility index (Phi) is 8.87. The van der Waals surface area contributed by atoms with E-state index in [1.807, 2.05) is 36.6 Å². The van der Waals surface area contributed by atoms with E-state index in [9.17, 15) is 9.59 Å². The summed E-state index contributed by atoms with van der Waals surface area (Å²) < 4.78 is 2.12. The van der Waals surface area contributed by atoms with Gasteiger partial charge >= 0.3 is 0 Å². The van der Waals surface area contributed by atoms with Gasteiger partial charge in [-0.05, 0) is 50.3 Å². The van der Waals surface area contributed by atoms with Gasteiger partial charge in [0.25, 0.3) is 0 Å². The van der Waals surface area contributed by atoms with Crippen molar-refractivity contribution in [2.45, 2.75) is 66.5 Å². The van der Waals surface area contributed by atoms with Crippen LogP contribution in [0.1, 0.15) is 63.4 Å². The van der Waals surface area contributed by atoms with Crippen LogP contribution in [0.2, 0.25) is 5.02 Å². The fraction of sp³-hybridized carbons (Fsp3) is 0.548. The topological polar surface area (TPSA) is 112 Å². The molecule has 2 aromatic rings. The molecule has 2 aliphatic heterocycles. The molecule has 1 unspecified atom stereocenters. The Balaban J connectivity index is 0.00000189. The Labute approximate surface area is 248 Å². The van der Waals surface area contributed by atoms with Gasteiger partial charge in [-0.15, -0.1) is 0 Å². The van der Waals surface area contributed by atoms with E-state index in [0.717, 1.165) is 60.5 Å². The van der Waals surface area contributed by atoms with E-state index in [-0.39, 0.29) is 29.3 Å². The summed E-state index contributed by atoms with van der Waals surface area (Å²) in [6, 6.07) is 2.10. The molecule has 3 aliphatic rings. The van der Waals surface area contributed by atoms with Crippen molar-refractivity contribution >= 4 is 41.6 Å². The van der Waals surface area contributed by atoms with Crippen LogP contribution in [0, 0.1) is 30.6 Å². The lowest BCUT2D eigenvalue weighted by molar-refractivity contribution is -0.149. The number of anilines is 2. The summed E-state index contributed by atoms with van der Waals surface area (Å²) in [4.78, 5) is 29.6. The van der Waals surface area contributed by atoms with Gasteiger partial charge < -0.3 is 25.8 Å². The van der Waals surface area contributed by atoms with Gasteiger partial charge in [0.1, 0.15) is 0 Å². The van der Waals surface area contributed by atoms with Gasteiger partial charge in [-0.2, -0.15) is 5.10 Å². The molecule has 3 heterocycles. The SMILES string of the molecule is C=CC(=O)N1CC2(CC(n3nc(N4CCN(C=O)CC4C(C)C)c(-c4c(Cl)c(C)cc(N)c4C=N)c3C)C2)C1.CC. The number of amides is 2. The van der Waals surface area contributed by atoms with E-state index in [1.54, 1.807) is 0 Å². The Morgan fingerprint density at radius 2 is 1.88 bits per heavy atom. The van der Waals surface area contributed by atoms with Crippen molar-refractivity contribution < 1.29 is 9.59 Å². The smallest absolute Gasteiger partial charge is 0.245 e. The van der Waals surface area contributed by atoms with Crippen LogP contribution < -0.4 is 10.6 Å². The monoisotopic (exact) mass is 581 g/mol. The van der Waals surface area contributed by atoms with Crippen LogP contribution in [0.25, 0.3) is 11.1 Å². The van der Waals surface area contributed by atoms with E-state index in [4.69, 9.17) is 27.8 Å². The third-order valence-corrected chi connectivity index (χ3v) is 9.39. The number of likely N-dealkylation sites (tertiary alicyclic amines) is 1. The summed E-state index contributed by atoms with van der Waals surface area (Å²) in [5, 5.41) is 14.0. The number of nitrogens with one attached hydrogen (secondary N) is 1. The minimum atomic E-state index is -0.0102. The van der Waals surface area contributed by atoms with Crippen molar-refractivity contribution in [2.75, 3.05) is 43.4 Å². The number of aryl methyl sites for hydroxylation is 1. The zero-order valence-corrected chi connectivity index (χ0v) is 26.0. The standard InChI is InChI=1S/C29H38ClN7O2.C2H6/c1-6-24(39)35-14-29(15-35)10-20(11-29)37-19(5)25(26-21(12-31)22(32)9-18(4)27(26)30)28(33-37)36-8-7-34(16-38)13-23(36)17(2)3;1-2/h6,9,12,16-17,20,23,31H,1,7-8,10-11,13-15,32H2,2-5H3;1-2H3. The van der Waals surface area contributed by atoms with Crippen molar-refractivity contribution in [3.63, 3.8) is 0 Å². The summed E-state index contributed by atoms with van der Waals surface area (Å²) in [7, 11) is 0. The number of rotatable bonds is 7. The third-order valence-electron chi connectivity index (χ3n) is 8.91. The maximum absolute atomic E-state index is 12.0. The van der Waals surface area contributed by atoms with Crippen molar-refractivity contribution in [1.82, 2.24) is 19.6 Å². The van der Waals surface area contributed by atoms with Crippen molar-refractivity contribution in [3.05, 3.63) is 40.6 Å². The van der Waals surface area contributed by atoms with Crippen LogP contribution in [-0.4, -0.2) is 76.9 Å². The molecule has 10 heteroatoms. The minimum Gasteiger partial charge on any atom is -0.398 e. The number of nitrogens with two attached hydrogens (primary N) is 1. The van der Waals surface area contributed by atoms with Crippen LogP contribution in [0.3, 0.4) is 0 Å². The highest BCUT2D eigenvalue weighted by molar-refractivity contribution is 6.35. The predicted molar refractivity (Wildman–Crippen MR) is 167 cm³/mol. The molecule has 2 saturated heterocycles. The molecule has 1 aliphatic carbocycles. The molecule has 3 fully saturated rings. The number of piperazine rings is 1. The Bertz CT molecular complexity index is 1340. The van der Waals surface area contributed by atoms with Gasteiger partial charge in [-0.3, -0.25) is 14.3 Å². The summed E-state index contributed by atoms with van der Waals surface area (Å²) in [6.07, 6.45) is 5.48. The molecule has 1 spiro atoms. The number of aromatic nitrogens is 2. The molecule has 5 rings (SSSR count). The van der Waals surface area contributed by atoms with Crippen LogP contribution in [0.4, 0.5) is 11.5 Å². The highest BCUT2D eigenvalue weighted by Gasteiger charge is 2.54. The lowest BCUT2D eigenvalue weighted by Crippen LogP contribution is -2.63. The first kappa shape index (κ1) is 30.6. The molecule has 1 aromatic carbocycles. The molecule has 41 heavy (non-hydrogen) atoms. The lowest BCUT2D eigenvalue weighted by Gasteiger charge is -2.58. The second-order valence-electron chi connectivity index (χ2n) is 11.8. The number of carbonyl (C=O) groups is 2. The number of halogens is 1. The Morgan fingerprint density at radius 3 is 2.44 bits per heavy atom. The summed E-state index contributed by atoms with van der Waals surface area (Å²) in [5.74, 6) is 1.09. The fourth-order valence-corrected chi connectivity index (χ4v) is 7.02. The normalized spacial score (nSPS) is 19.8. The molecule has 3 N–H and O–H groups in total. The number of nitrogen functional groups attached to an aromatic ring is 1. The Morgan fingerprint density at radius 1 is 1.22 bits per heavy atom. The van der Waals surface area contributed by atoms with Gasteiger partial charge in [0, 0.05) is 72.4 Å². The molecule has 0 bridgehead atoms. The molecular weight excluding hydrogens is 538 g/mol. The van der Waals surface area contributed by atoms with Crippen LogP contribution in [0.15, 0.2) is 18.7 Å². The van der Waals surface area contributed by atoms with Crippen molar-refractivity contribution in [3.8, 4) is 11.1 Å². The molecule has 1 aromatic heterocycles. The fourth-order valence-electron chi connectivity index (χ4n) is 6.77. The molecule has 0 radical (unpaired) electrons. The predicted octanol–water partition coefficient (Wildman–Crippen LogP) is 5.08. The number of nitrogens with zero attached hydrogens (tertiary/aromatic N) is 5. The number of hydrogen-bond acceptors (Lipinski definition) is 6. The largest absolute Gasteiger partial charge is 0.398 e. The molecular formula is C31H44ClN7O2. The first-order valence-electron chi connectivity index (χ1n) is 14.6.